The van der Waals surface area contributed by atoms with Crippen molar-refractivity contribution in [1.29, 1.82) is 0 Å². The van der Waals surface area contributed by atoms with Gasteiger partial charge in [0.1, 0.15) is 20.1 Å². The summed E-state index contributed by atoms with van der Waals surface area (Å²) >= 11 is 5.38. The number of hydrogen-bond acceptors (Lipinski definition) is 5. The van der Waals surface area contributed by atoms with Crippen LogP contribution < -0.4 is 0 Å². The van der Waals surface area contributed by atoms with Crippen LogP contribution in [0.5, 0.6) is 0 Å². The van der Waals surface area contributed by atoms with Gasteiger partial charge in [-0.15, -0.1) is 0 Å². The van der Waals surface area contributed by atoms with Gasteiger partial charge in [-0.05, 0) is 17.5 Å². The topological polar surface area (TPSA) is 57.2 Å². The van der Waals surface area contributed by atoms with Crippen LogP contribution in [0.3, 0.4) is 0 Å². The highest BCUT2D eigenvalue weighted by molar-refractivity contribution is 6.30. The number of aliphatic hydroxyl groups excluding tert-OH is 1. The highest BCUT2D eigenvalue weighted by Crippen LogP contribution is 2.41. The highest BCUT2D eigenvalue weighted by Gasteiger charge is 2.61. The van der Waals surface area contributed by atoms with E-state index in [2.05, 4.69) is 11.3 Å². The first-order valence-corrected chi connectivity index (χ1v) is 5.06. The molecule has 2 aliphatic heterocycles. The lowest BCUT2D eigenvalue weighted by atomic mass is 9.81. The van der Waals surface area contributed by atoms with Crippen molar-refractivity contribution in [3.05, 3.63) is 0 Å². The number of rotatable bonds is 2. The third-order valence-corrected chi connectivity index (χ3v) is 2.76. The summed E-state index contributed by atoms with van der Waals surface area (Å²) in [6.07, 6.45) is -1.23. The number of methoxy groups -OCH3 is 1. The van der Waals surface area contributed by atoms with Crippen LogP contribution in [0.25, 0.3) is 0 Å². The summed E-state index contributed by atoms with van der Waals surface area (Å²) in [5.74, 6) is 2.63. The maximum absolute atomic E-state index is 9.13. The molecule has 0 aromatic carbocycles. The number of halogens is 1. The van der Waals surface area contributed by atoms with Crippen LogP contribution in [0.15, 0.2) is 0 Å². The molecule has 2 saturated heterocycles. The Labute approximate surface area is 99.3 Å². The summed E-state index contributed by atoms with van der Waals surface area (Å²) in [6, 6.07) is -0.846. The monoisotopic (exact) mass is 244 g/mol. The molecule has 0 spiro atoms. The molecular weight excluding hydrogens is 234 g/mol. The Balaban J connectivity index is 2.30. The van der Waals surface area contributed by atoms with E-state index in [1.54, 1.807) is 0 Å². The molecule has 2 rings (SSSR count). The predicted molar refractivity (Wildman–Crippen MR) is 54.6 cm³/mol. The van der Waals surface area contributed by atoms with Crippen molar-refractivity contribution in [2.45, 2.75) is 30.3 Å². The molecule has 7 heteroatoms. The van der Waals surface area contributed by atoms with E-state index in [0.717, 1.165) is 0 Å². The minimum Gasteiger partial charge on any atom is -0.394 e. The first kappa shape index (κ1) is 12.2. The van der Waals surface area contributed by atoms with Gasteiger partial charge in [0.15, 0.2) is 5.60 Å². The summed E-state index contributed by atoms with van der Waals surface area (Å²) in [7, 11) is 7.19. The highest BCUT2D eigenvalue weighted by atomic mass is 35.5. The summed E-state index contributed by atoms with van der Waals surface area (Å²) in [5.41, 5.74) is -1.18. The van der Waals surface area contributed by atoms with Crippen LogP contribution >= 0.6 is 11.6 Å². The average molecular weight is 244 g/mol. The third-order valence-electron chi connectivity index (χ3n) is 2.67. The van der Waals surface area contributed by atoms with Crippen LogP contribution in [0.1, 0.15) is 0 Å². The average Bonchev–Trinajstić information content (AvgIpc) is 2.76. The van der Waals surface area contributed by atoms with E-state index < -0.39 is 30.3 Å². The number of fused-ring (bicyclic) bond motifs is 1. The zero-order valence-electron chi connectivity index (χ0n) is 8.55. The molecule has 0 aliphatic carbocycles. The van der Waals surface area contributed by atoms with Gasteiger partial charge in [0, 0.05) is 12.5 Å². The van der Waals surface area contributed by atoms with Crippen molar-refractivity contribution in [2.24, 2.45) is 0 Å². The van der Waals surface area contributed by atoms with Gasteiger partial charge in [-0.25, -0.2) is 0 Å². The van der Waals surface area contributed by atoms with Gasteiger partial charge in [-0.2, -0.15) is 0 Å². The first-order valence-electron chi connectivity index (χ1n) is 4.68. The molecule has 2 radical (unpaired) electrons. The normalized spacial score (nSPS) is 46.2. The number of hydrogen-bond donors (Lipinski definition) is 1. The Bertz CT molecular complexity index is 330. The van der Waals surface area contributed by atoms with Crippen molar-refractivity contribution >= 4 is 19.4 Å². The molecule has 5 nitrogen and oxygen atoms in total. The van der Waals surface area contributed by atoms with E-state index in [0.29, 0.717) is 0 Å². The maximum atomic E-state index is 9.13. The van der Waals surface area contributed by atoms with Crippen molar-refractivity contribution in [3.8, 4) is 11.3 Å². The van der Waals surface area contributed by atoms with Crippen LogP contribution in [0.2, 0.25) is 0 Å². The van der Waals surface area contributed by atoms with Gasteiger partial charge in [0.25, 0.3) is 6.48 Å². The van der Waals surface area contributed by atoms with Crippen molar-refractivity contribution in [2.75, 3.05) is 13.7 Å². The molecule has 5 atom stereocenters. The van der Waals surface area contributed by atoms with Crippen molar-refractivity contribution in [3.63, 3.8) is 0 Å². The first-order chi connectivity index (χ1) is 7.67. The molecule has 2 fully saturated rings. The molecule has 2 heterocycles. The lowest BCUT2D eigenvalue weighted by molar-refractivity contribution is -0.253. The Morgan fingerprint density at radius 1 is 1.56 bits per heavy atom. The van der Waals surface area contributed by atoms with E-state index in [1.165, 1.54) is 7.11 Å². The van der Waals surface area contributed by atoms with Crippen LogP contribution in [0, 0.1) is 11.3 Å². The molecule has 1 N–H and O–H groups in total. The predicted octanol–water partition coefficient (Wildman–Crippen LogP) is -0.844. The van der Waals surface area contributed by atoms with Crippen molar-refractivity contribution in [1.82, 2.24) is 0 Å². The SMILES string of the molecule is [B][C@@H]1O[C@H](CO)C2OC(OC)O[C@]21C#CCl. The fourth-order valence-electron chi connectivity index (χ4n) is 1.92. The summed E-state index contributed by atoms with van der Waals surface area (Å²) in [6.45, 7) is -1.13. The van der Waals surface area contributed by atoms with Gasteiger partial charge in [-0.3, -0.25) is 0 Å². The Morgan fingerprint density at radius 3 is 2.88 bits per heavy atom. The van der Waals surface area contributed by atoms with E-state index in [-0.39, 0.29) is 6.61 Å². The van der Waals surface area contributed by atoms with Gasteiger partial charge in [0.2, 0.25) is 0 Å². The Morgan fingerprint density at radius 2 is 2.31 bits per heavy atom. The standard InChI is InChI=1S/C9H10BClO5/c1-13-8-15-6-5(4-12)14-7(10)9(6,16-8)2-3-11/h5-8,12H,4H2,1H3/t5-,6?,7-,8?,9-/m1/s1. The molecular formula is C9H10BClO5. The number of aliphatic hydroxyl groups is 1. The molecule has 2 unspecified atom stereocenters. The zero-order valence-corrected chi connectivity index (χ0v) is 9.31. The lowest BCUT2D eigenvalue weighted by Gasteiger charge is -2.23. The minimum absolute atomic E-state index is 0.246. The van der Waals surface area contributed by atoms with Gasteiger partial charge >= 0.3 is 0 Å². The van der Waals surface area contributed by atoms with E-state index in [4.69, 9.17) is 43.5 Å². The second kappa shape index (κ2) is 4.53. The van der Waals surface area contributed by atoms with E-state index in [1.807, 2.05) is 0 Å². The molecule has 0 bridgehead atoms. The summed E-state index contributed by atoms with van der Waals surface area (Å²) in [5, 5.41) is 11.3. The molecule has 2 aliphatic rings. The smallest absolute Gasteiger partial charge is 0.273 e. The van der Waals surface area contributed by atoms with Gasteiger partial charge < -0.3 is 24.1 Å². The fourth-order valence-corrected chi connectivity index (χ4v) is 2.06. The van der Waals surface area contributed by atoms with Crippen molar-refractivity contribution < 1.29 is 24.1 Å². The van der Waals surface area contributed by atoms with Crippen LogP contribution in [-0.2, 0) is 18.9 Å². The largest absolute Gasteiger partial charge is 0.394 e. The summed E-state index contributed by atoms with van der Waals surface area (Å²) < 4.78 is 21.0. The Hall–Kier alpha value is -0.285. The lowest BCUT2D eigenvalue weighted by Crippen LogP contribution is -2.45. The third kappa shape index (κ3) is 1.64. The second-order valence-electron chi connectivity index (χ2n) is 3.49. The minimum atomic E-state index is -1.18. The number of ether oxygens (including phenoxy) is 4. The molecule has 86 valence electrons. The van der Waals surface area contributed by atoms with Crippen LogP contribution in [-0.4, -0.2) is 57.0 Å². The molecule has 0 amide bonds. The van der Waals surface area contributed by atoms with Gasteiger partial charge in [0.05, 0.1) is 12.6 Å². The van der Waals surface area contributed by atoms with E-state index in [9.17, 15) is 0 Å². The fraction of sp³-hybridized carbons (Fsp3) is 0.778. The van der Waals surface area contributed by atoms with Gasteiger partial charge in [-0.1, -0.05) is 0 Å². The molecule has 0 aromatic heterocycles. The quantitative estimate of drug-likeness (QED) is 0.507. The molecule has 0 saturated carbocycles. The second-order valence-corrected chi connectivity index (χ2v) is 3.68. The Kier molecular flexibility index (Phi) is 3.45. The molecule has 0 aromatic rings. The summed E-state index contributed by atoms with van der Waals surface area (Å²) in [4.78, 5) is 0. The zero-order chi connectivity index (χ0) is 11.8. The van der Waals surface area contributed by atoms with E-state index >= 15 is 0 Å². The van der Waals surface area contributed by atoms with Crippen LogP contribution in [0.4, 0.5) is 0 Å². The molecule has 16 heavy (non-hydrogen) atoms. The maximum Gasteiger partial charge on any atom is 0.273 e.